The van der Waals surface area contributed by atoms with E-state index in [0.717, 1.165) is 11.1 Å². The molecule has 37 heavy (non-hydrogen) atoms. The third-order valence-electron chi connectivity index (χ3n) is 5.17. The molecule has 10 heteroatoms. The van der Waals surface area contributed by atoms with E-state index in [4.69, 9.17) is 25.8 Å². The minimum absolute atomic E-state index is 0.130. The first-order chi connectivity index (χ1) is 18.0. The molecule has 0 bridgehead atoms. The van der Waals surface area contributed by atoms with Crippen molar-refractivity contribution < 1.29 is 19.0 Å². The lowest BCUT2D eigenvalue weighted by Gasteiger charge is -2.14. The molecule has 3 aromatic rings. The molecule has 0 aliphatic carbocycles. The number of ether oxygens (including phenoxy) is 3. The Balaban J connectivity index is 1.30. The predicted molar refractivity (Wildman–Crippen MR) is 156 cm³/mol. The Morgan fingerprint density at radius 3 is 2.51 bits per heavy atom. The normalized spacial score (nSPS) is 13.6. The Hall–Kier alpha value is -2.33. The number of rotatable bonds is 11. The van der Waals surface area contributed by atoms with Crippen LogP contribution < -0.4 is 19.6 Å². The highest BCUT2D eigenvalue weighted by Gasteiger charge is 2.18. The first-order valence-electron chi connectivity index (χ1n) is 11.6. The molecule has 0 aromatic heterocycles. The number of amides is 1. The summed E-state index contributed by atoms with van der Waals surface area (Å²) in [5.41, 5.74) is 5.48. The van der Waals surface area contributed by atoms with Crippen molar-refractivity contribution in [1.29, 1.82) is 0 Å². The number of hydrazone groups is 1. The maximum atomic E-state index is 12.2. The van der Waals surface area contributed by atoms with Crippen LogP contribution in [0.5, 0.6) is 17.2 Å². The van der Waals surface area contributed by atoms with E-state index in [-0.39, 0.29) is 12.5 Å². The number of carbonyl (C=O) groups is 1. The average Bonchev–Trinajstić information content (AvgIpc) is 3.44. The molecular formula is C27H26BrClN2O4S2. The van der Waals surface area contributed by atoms with Gasteiger partial charge in [-0.1, -0.05) is 35.9 Å². The number of hydrogen-bond donors (Lipinski definition) is 1. The number of nitrogens with zero attached hydrogens (tertiary/aromatic N) is 1. The quantitative estimate of drug-likeness (QED) is 0.182. The van der Waals surface area contributed by atoms with E-state index in [0.29, 0.717) is 44.5 Å². The zero-order valence-electron chi connectivity index (χ0n) is 20.1. The van der Waals surface area contributed by atoms with Crippen molar-refractivity contribution in [3.05, 3.63) is 86.8 Å². The molecule has 0 atom stereocenters. The van der Waals surface area contributed by atoms with E-state index in [1.54, 1.807) is 12.3 Å². The Kier molecular flexibility index (Phi) is 10.5. The maximum absolute atomic E-state index is 12.2. The van der Waals surface area contributed by atoms with Gasteiger partial charge in [-0.15, -0.1) is 23.5 Å². The van der Waals surface area contributed by atoms with Crippen LogP contribution in [0.15, 0.2) is 70.2 Å². The van der Waals surface area contributed by atoms with Crippen LogP contribution in [0.3, 0.4) is 0 Å². The molecule has 1 saturated heterocycles. The van der Waals surface area contributed by atoms with Crippen molar-refractivity contribution in [2.45, 2.75) is 18.1 Å². The van der Waals surface area contributed by atoms with Gasteiger partial charge in [0.25, 0.3) is 5.91 Å². The zero-order chi connectivity index (χ0) is 26.0. The summed E-state index contributed by atoms with van der Waals surface area (Å²) in [4.78, 5) is 12.2. The Labute approximate surface area is 238 Å². The molecule has 4 rings (SSSR count). The van der Waals surface area contributed by atoms with Gasteiger partial charge >= 0.3 is 0 Å². The summed E-state index contributed by atoms with van der Waals surface area (Å²) in [6.45, 7) is 2.60. The standard InChI is InChI=1S/C27H26BrClN2O4S2/c1-2-33-24-14-19(13-23(28)26(24)35-16-18-3-7-21(29)8-4-18)15-30-31-25(32)17-34-22-9-5-20(6-10-22)27-36-11-12-37-27/h3-10,13-15,27H,2,11-12,16-17H2,1H3,(H,31,32)/b30-15-. The summed E-state index contributed by atoms with van der Waals surface area (Å²) < 4.78 is 18.6. The number of hydrogen-bond acceptors (Lipinski definition) is 7. The molecular weight excluding hydrogens is 596 g/mol. The fourth-order valence-corrected chi connectivity index (χ4v) is 6.99. The predicted octanol–water partition coefficient (Wildman–Crippen LogP) is 7.09. The summed E-state index contributed by atoms with van der Waals surface area (Å²) in [7, 11) is 0. The molecule has 0 radical (unpaired) electrons. The Bertz CT molecular complexity index is 1220. The number of halogens is 2. The van der Waals surface area contributed by atoms with Gasteiger partial charge in [-0.2, -0.15) is 5.10 Å². The SMILES string of the molecule is CCOc1cc(/C=N\NC(=O)COc2ccc(C3SCCS3)cc2)cc(Br)c1OCc1ccc(Cl)cc1. The van der Waals surface area contributed by atoms with E-state index in [9.17, 15) is 4.79 Å². The molecule has 1 aliphatic heterocycles. The minimum atomic E-state index is -0.353. The second-order valence-corrected chi connectivity index (χ2v) is 11.9. The van der Waals surface area contributed by atoms with Crippen LogP contribution in [-0.2, 0) is 11.4 Å². The van der Waals surface area contributed by atoms with Crippen LogP contribution in [0, 0.1) is 0 Å². The van der Waals surface area contributed by atoms with E-state index in [1.807, 2.05) is 72.9 Å². The van der Waals surface area contributed by atoms with Gasteiger partial charge in [-0.25, -0.2) is 5.43 Å². The average molecular weight is 622 g/mol. The van der Waals surface area contributed by atoms with Gasteiger partial charge < -0.3 is 14.2 Å². The molecule has 1 N–H and O–H groups in total. The van der Waals surface area contributed by atoms with E-state index < -0.39 is 0 Å². The van der Waals surface area contributed by atoms with Gasteiger partial charge in [0.1, 0.15) is 12.4 Å². The molecule has 6 nitrogen and oxygen atoms in total. The van der Waals surface area contributed by atoms with Crippen molar-refractivity contribution in [2.24, 2.45) is 5.10 Å². The summed E-state index contributed by atoms with van der Waals surface area (Å²) >= 11 is 13.4. The molecule has 0 unspecified atom stereocenters. The summed E-state index contributed by atoms with van der Waals surface area (Å²) in [5, 5.41) is 4.73. The number of thioether (sulfide) groups is 2. The monoisotopic (exact) mass is 620 g/mol. The maximum Gasteiger partial charge on any atom is 0.277 e. The molecule has 0 saturated carbocycles. The lowest BCUT2D eigenvalue weighted by atomic mass is 10.2. The summed E-state index contributed by atoms with van der Waals surface area (Å²) in [6.07, 6.45) is 1.54. The lowest BCUT2D eigenvalue weighted by Crippen LogP contribution is -2.24. The molecule has 1 fully saturated rings. The van der Waals surface area contributed by atoms with E-state index >= 15 is 0 Å². The van der Waals surface area contributed by atoms with Crippen molar-refractivity contribution in [1.82, 2.24) is 5.43 Å². The van der Waals surface area contributed by atoms with Crippen LogP contribution in [0.1, 0.15) is 28.2 Å². The summed E-state index contributed by atoms with van der Waals surface area (Å²) in [6, 6.07) is 19.0. The zero-order valence-corrected chi connectivity index (χ0v) is 24.1. The fourth-order valence-electron chi connectivity index (χ4n) is 3.43. The highest BCUT2D eigenvalue weighted by atomic mass is 79.9. The largest absolute Gasteiger partial charge is 0.490 e. The van der Waals surface area contributed by atoms with Gasteiger partial charge in [0, 0.05) is 16.5 Å². The van der Waals surface area contributed by atoms with Crippen molar-refractivity contribution in [3.63, 3.8) is 0 Å². The Morgan fingerprint density at radius 2 is 1.81 bits per heavy atom. The number of benzene rings is 3. The number of carbonyl (C=O) groups excluding carboxylic acids is 1. The van der Waals surface area contributed by atoms with Crippen molar-refractivity contribution in [2.75, 3.05) is 24.7 Å². The van der Waals surface area contributed by atoms with Crippen LogP contribution in [0.4, 0.5) is 0 Å². The molecule has 1 amide bonds. The van der Waals surface area contributed by atoms with Crippen LogP contribution in [0.2, 0.25) is 5.02 Å². The van der Waals surface area contributed by atoms with Gasteiger partial charge in [0.2, 0.25) is 0 Å². The second kappa shape index (κ2) is 14.0. The topological polar surface area (TPSA) is 69.2 Å². The second-order valence-electron chi connectivity index (χ2n) is 7.90. The third kappa shape index (κ3) is 8.33. The van der Waals surface area contributed by atoms with Gasteiger partial charge in [-0.05, 0) is 75.9 Å². The Morgan fingerprint density at radius 1 is 1.08 bits per heavy atom. The fraction of sp³-hybridized carbons (Fsp3) is 0.259. The smallest absolute Gasteiger partial charge is 0.277 e. The van der Waals surface area contributed by atoms with Crippen molar-refractivity contribution in [3.8, 4) is 17.2 Å². The highest BCUT2D eigenvalue weighted by molar-refractivity contribution is 9.10. The van der Waals surface area contributed by atoms with Gasteiger partial charge in [0.15, 0.2) is 18.1 Å². The van der Waals surface area contributed by atoms with E-state index in [1.165, 1.54) is 17.1 Å². The van der Waals surface area contributed by atoms with E-state index in [2.05, 4.69) is 38.6 Å². The molecule has 0 spiro atoms. The van der Waals surface area contributed by atoms with Crippen LogP contribution in [0.25, 0.3) is 0 Å². The van der Waals surface area contributed by atoms with Crippen LogP contribution >= 0.6 is 51.1 Å². The first kappa shape index (κ1) is 27.7. The van der Waals surface area contributed by atoms with Crippen LogP contribution in [-0.4, -0.2) is 36.8 Å². The molecule has 3 aromatic carbocycles. The third-order valence-corrected chi connectivity index (χ3v) is 9.12. The molecule has 194 valence electrons. The minimum Gasteiger partial charge on any atom is -0.490 e. The number of nitrogens with one attached hydrogen (secondary N) is 1. The lowest BCUT2D eigenvalue weighted by molar-refractivity contribution is -0.123. The van der Waals surface area contributed by atoms with Gasteiger partial charge in [0.05, 0.1) is 21.9 Å². The highest BCUT2D eigenvalue weighted by Crippen LogP contribution is 2.45. The van der Waals surface area contributed by atoms with Crippen molar-refractivity contribution >= 4 is 63.2 Å². The summed E-state index contributed by atoms with van der Waals surface area (Å²) in [5.74, 6) is 3.81. The molecule has 1 aliphatic rings. The first-order valence-corrected chi connectivity index (χ1v) is 14.9. The van der Waals surface area contributed by atoms with Gasteiger partial charge in [-0.3, -0.25) is 4.79 Å². The molecule has 1 heterocycles.